The van der Waals surface area contributed by atoms with Crippen LogP contribution in [0, 0.1) is 12.3 Å². The van der Waals surface area contributed by atoms with Crippen molar-refractivity contribution in [2.45, 2.75) is 27.7 Å². The van der Waals surface area contributed by atoms with Crippen LogP contribution >= 0.6 is 11.3 Å². The SMILES string of the molecule is Cc1cc(NC(=O)C(C)(C)C)sc1C(=O)Nc1ccc(Oc2ccccc2)cc1. The summed E-state index contributed by atoms with van der Waals surface area (Å²) in [5.41, 5.74) is 0.994. The van der Waals surface area contributed by atoms with Crippen LogP contribution in [0.5, 0.6) is 11.5 Å². The topological polar surface area (TPSA) is 67.4 Å². The van der Waals surface area contributed by atoms with Crippen molar-refractivity contribution in [3.05, 3.63) is 71.1 Å². The quantitative estimate of drug-likeness (QED) is 0.537. The normalized spacial score (nSPS) is 11.0. The summed E-state index contributed by atoms with van der Waals surface area (Å²) in [7, 11) is 0. The molecule has 1 aromatic heterocycles. The summed E-state index contributed by atoms with van der Waals surface area (Å²) in [5.74, 6) is 1.15. The van der Waals surface area contributed by atoms with E-state index in [1.807, 2.05) is 64.1 Å². The molecule has 3 rings (SSSR count). The van der Waals surface area contributed by atoms with Crippen molar-refractivity contribution in [1.29, 1.82) is 0 Å². The number of aryl methyl sites for hydroxylation is 1. The van der Waals surface area contributed by atoms with Crippen molar-refractivity contribution in [2.75, 3.05) is 10.6 Å². The molecule has 0 aliphatic rings. The minimum absolute atomic E-state index is 0.0836. The summed E-state index contributed by atoms with van der Waals surface area (Å²) >= 11 is 1.27. The molecule has 0 saturated carbocycles. The number of thiophene rings is 1. The number of benzene rings is 2. The molecular weight excluding hydrogens is 384 g/mol. The molecule has 0 saturated heterocycles. The lowest BCUT2D eigenvalue weighted by atomic mass is 9.96. The Hall–Kier alpha value is -3.12. The zero-order valence-corrected chi connectivity index (χ0v) is 17.7. The minimum atomic E-state index is -0.496. The average molecular weight is 409 g/mol. The molecule has 5 nitrogen and oxygen atoms in total. The zero-order chi connectivity index (χ0) is 21.0. The smallest absolute Gasteiger partial charge is 0.266 e. The van der Waals surface area contributed by atoms with Gasteiger partial charge in [0, 0.05) is 11.1 Å². The first-order valence-corrected chi connectivity index (χ1v) is 10.1. The van der Waals surface area contributed by atoms with Gasteiger partial charge in [-0.3, -0.25) is 9.59 Å². The number of nitrogens with one attached hydrogen (secondary N) is 2. The molecule has 0 fully saturated rings. The van der Waals surface area contributed by atoms with Crippen LogP contribution in [-0.2, 0) is 4.79 Å². The molecule has 150 valence electrons. The summed E-state index contributed by atoms with van der Waals surface area (Å²) in [5, 5.41) is 6.43. The van der Waals surface area contributed by atoms with Crippen LogP contribution in [0.2, 0.25) is 0 Å². The van der Waals surface area contributed by atoms with E-state index >= 15 is 0 Å². The molecule has 0 radical (unpaired) electrons. The molecule has 2 aromatic carbocycles. The highest BCUT2D eigenvalue weighted by atomic mass is 32.1. The fourth-order valence-corrected chi connectivity index (χ4v) is 3.45. The third-order valence-electron chi connectivity index (χ3n) is 4.13. The number of hydrogen-bond acceptors (Lipinski definition) is 4. The van der Waals surface area contributed by atoms with Crippen LogP contribution in [0.25, 0.3) is 0 Å². The average Bonchev–Trinajstić information content (AvgIpc) is 3.04. The van der Waals surface area contributed by atoms with Crippen LogP contribution in [0.4, 0.5) is 10.7 Å². The van der Waals surface area contributed by atoms with Gasteiger partial charge in [-0.2, -0.15) is 0 Å². The van der Waals surface area contributed by atoms with E-state index in [0.717, 1.165) is 11.3 Å². The standard InChI is InChI=1S/C23H24N2O3S/c1-15-14-19(25-22(27)23(2,3)4)29-20(15)21(26)24-16-10-12-18(13-11-16)28-17-8-6-5-7-9-17/h5-14H,1-4H3,(H,24,26)(H,25,27). The fourth-order valence-electron chi connectivity index (χ4n) is 2.49. The van der Waals surface area contributed by atoms with E-state index < -0.39 is 5.41 Å². The van der Waals surface area contributed by atoms with Crippen molar-refractivity contribution >= 4 is 33.8 Å². The van der Waals surface area contributed by atoms with Gasteiger partial charge < -0.3 is 15.4 Å². The van der Waals surface area contributed by atoms with Crippen molar-refractivity contribution in [1.82, 2.24) is 0 Å². The Labute approximate surface area is 174 Å². The molecule has 0 aliphatic heterocycles. The summed E-state index contributed by atoms with van der Waals surface area (Å²) in [4.78, 5) is 25.4. The second-order valence-electron chi connectivity index (χ2n) is 7.72. The molecule has 0 spiro atoms. The molecule has 29 heavy (non-hydrogen) atoms. The summed E-state index contributed by atoms with van der Waals surface area (Å²) in [6.45, 7) is 7.40. The highest BCUT2D eigenvalue weighted by molar-refractivity contribution is 7.18. The van der Waals surface area contributed by atoms with Crippen molar-refractivity contribution in [3.8, 4) is 11.5 Å². The highest BCUT2D eigenvalue weighted by Gasteiger charge is 2.23. The predicted molar refractivity (Wildman–Crippen MR) is 118 cm³/mol. The number of ether oxygens (including phenoxy) is 1. The Kier molecular flexibility index (Phi) is 6.03. The molecule has 2 N–H and O–H groups in total. The van der Waals surface area contributed by atoms with Crippen LogP contribution in [0.15, 0.2) is 60.7 Å². The summed E-state index contributed by atoms with van der Waals surface area (Å²) in [6.07, 6.45) is 0. The van der Waals surface area contributed by atoms with E-state index in [-0.39, 0.29) is 11.8 Å². The first-order valence-electron chi connectivity index (χ1n) is 9.28. The van der Waals surface area contributed by atoms with Gasteiger partial charge in [0.05, 0.1) is 9.88 Å². The van der Waals surface area contributed by atoms with E-state index in [4.69, 9.17) is 4.74 Å². The summed E-state index contributed by atoms with van der Waals surface area (Å²) in [6, 6.07) is 18.5. The maximum atomic E-state index is 12.7. The van der Waals surface area contributed by atoms with Gasteiger partial charge in [-0.1, -0.05) is 39.0 Å². The van der Waals surface area contributed by atoms with Gasteiger partial charge in [0.15, 0.2) is 0 Å². The van der Waals surface area contributed by atoms with Gasteiger partial charge in [0.1, 0.15) is 11.5 Å². The third-order valence-corrected chi connectivity index (χ3v) is 5.28. The molecule has 0 unspecified atom stereocenters. The molecule has 0 bridgehead atoms. The van der Waals surface area contributed by atoms with E-state index in [1.54, 1.807) is 24.3 Å². The fraction of sp³-hybridized carbons (Fsp3) is 0.217. The Morgan fingerprint density at radius 3 is 2.14 bits per heavy atom. The Morgan fingerprint density at radius 1 is 0.897 bits per heavy atom. The molecule has 3 aromatic rings. The van der Waals surface area contributed by atoms with E-state index in [2.05, 4.69) is 10.6 Å². The lowest BCUT2D eigenvalue weighted by Gasteiger charge is -2.16. The molecule has 2 amide bonds. The first-order chi connectivity index (χ1) is 13.7. The molecule has 0 aliphatic carbocycles. The number of carbonyl (C=O) groups is 2. The Bertz CT molecular complexity index is 1000. The van der Waals surface area contributed by atoms with Gasteiger partial charge in [-0.15, -0.1) is 11.3 Å². The zero-order valence-electron chi connectivity index (χ0n) is 16.9. The predicted octanol–water partition coefficient (Wildman–Crippen LogP) is 6.09. The van der Waals surface area contributed by atoms with E-state index in [1.165, 1.54) is 11.3 Å². The second-order valence-corrected chi connectivity index (χ2v) is 8.77. The van der Waals surface area contributed by atoms with Crippen LogP contribution in [0.1, 0.15) is 36.0 Å². The van der Waals surface area contributed by atoms with Gasteiger partial charge in [-0.25, -0.2) is 0 Å². The summed E-state index contributed by atoms with van der Waals surface area (Å²) < 4.78 is 5.76. The number of rotatable bonds is 5. The first kappa shape index (κ1) is 20.6. The largest absolute Gasteiger partial charge is 0.457 e. The third kappa shape index (κ3) is 5.45. The van der Waals surface area contributed by atoms with Crippen LogP contribution < -0.4 is 15.4 Å². The molecule has 6 heteroatoms. The van der Waals surface area contributed by atoms with Gasteiger partial charge in [-0.05, 0) is 55.0 Å². The Morgan fingerprint density at radius 2 is 1.52 bits per heavy atom. The van der Waals surface area contributed by atoms with Crippen molar-refractivity contribution < 1.29 is 14.3 Å². The highest BCUT2D eigenvalue weighted by Crippen LogP contribution is 2.29. The van der Waals surface area contributed by atoms with Crippen molar-refractivity contribution in [3.63, 3.8) is 0 Å². The number of hydrogen-bond donors (Lipinski definition) is 2. The van der Waals surface area contributed by atoms with Crippen LogP contribution in [-0.4, -0.2) is 11.8 Å². The molecular formula is C23H24N2O3S. The van der Waals surface area contributed by atoms with Gasteiger partial charge in [0.25, 0.3) is 5.91 Å². The monoisotopic (exact) mass is 408 g/mol. The van der Waals surface area contributed by atoms with Gasteiger partial charge >= 0.3 is 0 Å². The van der Waals surface area contributed by atoms with E-state index in [0.29, 0.717) is 21.3 Å². The lowest BCUT2D eigenvalue weighted by molar-refractivity contribution is -0.123. The molecule has 0 atom stereocenters. The molecule has 1 heterocycles. The number of amides is 2. The minimum Gasteiger partial charge on any atom is -0.457 e. The maximum Gasteiger partial charge on any atom is 0.266 e. The van der Waals surface area contributed by atoms with Gasteiger partial charge in [0.2, 0.25) is 5.91 Å². The van der Waals surface area contributed by atoms with E-state index in [9.17, 15) is 9.59 Å². The number of anilines is 2. The Balaban J connectivity index is 1.65. The number of carbonyl (C=O) groups excluding carboxylic acids is 2. The second kappa shape index (κ2) is 8.49. The number of para-hydroxylation sites is 1. The van der Waals surface area contributed by atoms with Crippen LogP contribution in [0.3, 0.4) is 0 Å². The lowest BCUT2D eigenvalue weighted by Crippen LogP contribution is -2.27. The maximum absolute atomic E-state index is 12.7. The van der Waals surface area contributed by atoms with Crippen molar-refractivity contribution in [2.24, 2.45) is 5.41 Å².